The van der Waals surface area contributed by atoms with E-state index in [1.807, 2.05) is 0 Å². The van der Waals surface area contributed by atoms with Gasteiger partial charge in [0, 0.05) is 4.86 Å². The average Bonchev–Trinajstić information content (AvgIpc) is 1.85. The number of amides is 1. The summed E-state index contributed by atoms with van der Waals surface area (Å²) in [5.41, 5.74) is 5.30. The van der Waals surface area contributed by atoms with Gasteiger partial charge in [-0.2, -0.15) is 0 Å². The molecule has 0 aromatic carbocycles. The van der Waals surface area contributed by atoms with Gasteiger partial charge in [-0.05, 0) is 0 Å². The van der Waals surface area contributed by atoms with E-state index in [0.29, 0.717) is 11.3 Å². The SMILES string of the molecule is NC1NC(=O)CC1=S. The maximum absolute atomic E-state index is 10.4. The summed E-state index contributed by atoms with van der Waals surface area (Å²) in [5, 5.41) is 2.46. The lowest BCUT2D eigenvalue weighted by Gasteiger charge is -1.97. The van der Waals surface area contributed by atoms with E-state index in [0.717, 1.165) is 0 Å². The Hall–Kier alpha value is -0.480. The molecular formula is C4H6N2OS. The average molecular weight is 130 g/mol. The molecule has 0 aliphatic carbocycles. The van der Waals surface area contributed by atoms with Gasteiger partial charge in [0.1, 0.15) is 6.17 Å². The lowest BCUT2D eigenvalue weighted by Crippen LogP contribution is -2.36. The highest BCUT2D eigenvalue weighted by Crippen LogP contribution is 1.97. The van der Waals surface area contributed by atoms with Gasteiger partial charge in [0.15, 0.2) is 0 Å². The molecule has 3 N–H and O–H groups in total. The fourth-order valence-electron chi connectivity index (χ4n) is 0.573. The largest absolute Gasteiger partial charge is 0.336 e. The van der Waals surface area contributed by atoms with Crippen LogP contribution in [-0.2, 0) is 4.79 Å². The summed E-state index contributed by atoms with van der Waals surface area (Å²) in [6, 6.07) is 0. The van der Waals surface area contributed by atoms with Gasteiger partial charge in [-0.15, -0.1) is 0 Å². The van der Waals surface area contributed by atoms with Crippen molar-refractivity contribution in [2.45, 2.75) is 12.6 Å². The summed E-state index contributed by atoms with van der Waals surface area (Å²) >= 11 is 4.71. The molecule has 0 saturated carbocycles. The first-order valence-electron chi connectivity index (χ1n) is 2.28. The van der Waals surface area contributed by atoms with Crippen molar-refractivity contribution in [3.8, 4) is 0 Å². The Labute approximate surface area is 52.2 Å². The molecule has 3 nitrogen and oxygen atoms in total. The Balaban J connectivity index is 2.64. The molecule has 1 unspecified atom stereocenters. The quantitative estimate of drug-likeness (QED) is 0.420. The third-order valence-electron chi connectivity index (χ3n) is 0.998. The highest BCUT2D eigenvalue weighted by atomic mass is 32.1. The predicted molar refractivity (Wildman–Crippen MR) is 33.3 cm³/mol. The Kier molecular flexibility index (Phi) is 1.27. The van der Waals surface area contributed by atoms with E-state index in [4.69, 9.17) is 18.0 Å². The van der Waals surface area contributed by atoms with Crippen molar-refractivity contribution in [3.63, 3.8) is 0 Å². The summed E-state index contributed by atoms with van der Waals surface area (Å²) in [6.07, 6.45) is -0.0613. The van der Waals surface area contributed by atoms with Crippen molar-refractivity contribution in [1.82, 2.24) is 5.32 Å². The third kappa shape index (κ3) is 0.850. The van der Waals surface area contributed by atoms with Crippen molar-refractivity contribution >= 4 is 23.0 Å². The van der Waals surface area contributed by atoms with Crippen LogP contribution in [0.4, 0.5) is 0 Å². The monoisotopic (exact) mass is 130 g/mol. The molecule has 1 atom stereocenters. The van der Waals surface area contributed by atoms with E-state index in [9.17, 15) is 4.79 Å². The number of carbonyl (C=O) groups is 1. The highest BCUT2D eigenvalue weighted by molar-refractivity contribution is 7.80. The Morgan fingerprint density at radius 3 is 2.62 bits per heavy atom. The van der Waals surface area contributed by atoms with Crippen LogP contribution in [0.3, 0.4) is 0 Å². The lowest BCUT2D eigenvalue weighted by atomic mass is 10.3. The first kappa shape index (κ1) is 5.65. The molecular weight excluding hydrogens is 124 g/mol. The van der Waals surface area contributed by atoms with E-state index in [1.54, 1.807) is 0 Å². The van der Waals surface area contributed by atoms with Crippen LogP contribution in [0.2, 0.25) is 0 Å². The summed E-state index contributed by atoms with van der Waals surface area (Å²) in [4.78, 5) is 11.0. The highest BCUT2D eigenvalue weighted by Gasteiger charge is 2.21. The minimum absolute atomic E-state index is 0.0671. The van der Waals surface area contributed by atoms with Gasteiger partial charge in [0.25, 0.3) is 0 Å². The van der Waals surface area contributed by atoms with Crippen molar-refractivity contribution in [3.05, 3.63) is 0 Å². The van der Waals surface area contributed by atoms with E-state index in [1.165, 1.54) is 0 Å². The second-order valence-corrected chi connectivity index (χ2v) is 2.21. The van der Waals surface area contributed by atoms with E-state index >= 15 is 0 Å². The first-order valence-corrected chi connectivity index (χ1v) is 2.68. The van der Waals surface area contributed by atoms with Crippen molar-refractivity contribution in [2.24, 2.45) is 5.73 Å². The summed E-state index contributed by atoms with van der Waals surface area (Å²) in [7, 11) is 0. The molecule has 44 valence electrons. The van der Waals surface area contributed by atoms with Crippen LogP contribution < -0.4 is 11.1 Å². The molecule has 1 amide bonds. The zero-order valence-corrected chi connectivity index (χ0v) is 4.99. The van der Waals surface area contributed by atoms with Crippen molar-refractivity contribution < 1.29 is 4.79 Å². The Morgan fingerprint density at radius 1 is 1.88 bits per heavy atom. The molecule has 0 aromatic rings. The molecule has 1 rings (SSSR count). The van der Waals surface area contributed by atoms with Crippen LogP contribution in [0.25, 0.3) is 0 Å². The second kappa shape index (κ2) is 1.80. The smallest absolute Gasteiger partial charge is 0.226 e. The second-order valence-electron chi connectivity index (χ2n) is 1.69. The van der Waals surface area contributed by atoms with Crippen LogP contribution in [0, 0.1) is 0 Å². The summed E-state index contributed by atoms with van der Waals surface area (Å²) < 4.78 is 0. The van der Waals surface area contributed by atoms with Gasteiger partial charge >= 0.3 is 0 Å². The normalized spacial score (nSPS) is 28.4. The van der Waals surface area contributed by atoms with Crippen LogP contribution in [0.1, 0.15) is 6.42 Å². The summed E-state index contributed by atoms with van der Waals surface area (Å²) in [6.45, 7) is 0. The number of hydrogen-bond donors (Lipinski definition) is 2. The maximum Gasteiger partial charge on any atom is 0.226 e. The molecule has 1 aliphatic heterocycles. The minimum Gasteiger partial charge on any atom is -0.336 e. The molecule has 1 heterocycles. The first-order chi connectivity index (χ1) is 3.70. The standard InChI is InChI=1S/C4H6N2OS/c5-4-2(8)1-3(7)6-4/h4H,1,5H2,(H,6,7). The zero-order chi connectivity index (χ0) is 6.15. The molecule has 1 fully saturated rings. The molecule has 0 spiro atoms. The fourth-order valence-corrected chi connectivity index (χ4v) is 0.763. The molecule has 8 heavy (non-hydrogen) atoms. The van der Waals surface area contributed by atoms with Crippen LogP contribution >= 0.6 is 12.2 Å². The number of hydrogen-bond acceptors (Lipinski definition) is 3. The Morgan fingerprint density at radius 2 is 2.50 bits per heavy atom. The van der Waals surface area contributed by atoms with E-state index in [2.05, 4.69) is 5.32 Å². The summed E-state index contributed by atoms with van der Waals surface area (Å²) in [5.74, 6) is -0.0671. The maximum atomic E-state index is 10.4. The predicted octanol–water partition coefficient (Wildman–Crippen LogP) is -0.839. The zero-order valence-electron chi connectivity index (χ0n) is 4.18. The third-order valence-corrected chi connectivity index (χ3v) is 1.40. The van der Waals surface area contributed by atoms with Gasteiger partial charge in [-0.3, -0.25) is 4.79 Å². The Bertz CT molecular complexity index is 145. The number of rotatable bonds is 0. The van der Waals surface area contributed by atoms with E-state index < -0.39 is 0 Å². The molecule has 1 aliphatic rings. The topological polar surface area (TPSA) is 55.1 Å². The number of carbonyl (C=O) groups excluding carboxylic acids is 1. The van der Waals surface area contributed by atoms with Gasteiger partial charge in [-0.1, -0.05) is 12.2 Å². The van der Waals surface area contributed by atoms with Gasteiger partial charge in [0.2, 0.25) is 5.91 Å². The van der Waals surface area contributed by atoms with Gasteiger partial charge in [-0.25, -0.2) is 0 Å². The molecule has 1 saturated heterocycles. The number of thiocarbonyl (C=S) groups is 1. The minimum atomic E-state index is -0.377. The van der Waals surface area contributed by atoms with Crippen LogP contribution in [-0.4, -0.2) is 16.9 Å². The van der Waals surface area contributed by atoms with Gasteiger partial charge < -0.3 is 11.1 Å². The van der Waals surface area contributed by atoms with E-state index in [-0.39, 0.29) is 12.1 Å². The number of nitrogens with one attached hydrogen (secondary N) is 1. The molecule has 0 bridgehead atoms. The van der Waals surface area contributed by atoms with Crippen LogP contribution in [0.15, 0.2) is 0 Å². The molecule has 0 radical (unpaired) electrons. The van der Waals surface area contributed by atoms with Crippen molar-refractivity contribution in [2.75, 3.05) is 0 Å². The molecule has 4 heteroatoms. The van der Waals surface area contributed by atoms with Crippen LogP contribution in [0.5, 0.6) is 0 Å². The fraction of sp³-hybridized carbons (Fsp3) is 0.500. The molecule has 0 aromatic heterocycles. The van der Waals surface area contributed by atoms with Gasteiger partial charge in [0.05, 0.1) is 6.42 Å². The lowest BCUT2D eigenvalue weighted by molar-refractivity contribution is -0.119. The van der Waals surface area contributed by atoms with Crippen molar-refractivity contribution in [1.29, 1.82) is 0 Å². The number of nitrogens with two attached hydrogens (primary N) is 1.